The molecule has 0 spiro atoms. The fraction of sp³-hybridized carbons (Fsp3) is 0.562. The van der Waals surface area contributed by atoms with Crippen LogP contribution in [-0.2, 0) is 61.4 Å². The number of nitrogens with one attached hydrogen (secondary N) is 2. The number of aliphatic carboxylic acids is 1. The van der Waals surface area contributed by atoms with Crippen molar-refractivity contribution in [2.75, 3.05) is 25.9 Å². The van der Waals surface area contributed by atoms with Crippen LogP contribution in [0.15, 0.2) is 30.4 Å². The lowest BCUT2D eigenvalue weighted by Gasteiger charge is -2.31. The third-order valence-electron chi connectivity index (χ3n) is 7.59. The van der Waals surface area contributed by atoms with E-state index in [1.165, 1.54) is 4.90 Å². The van der Waals surface area contributed by atoms with Gasteiger partial charge in [-0.15, -0.1) is 0 Å². The minimum absolute atomic E-state index is 0.0233. The number of likely N-dealkylation sites (N-methyl/N-ethyl adjacent to an activating group) is 1. The van der Waals surface area contributed by atoms with Gasteiger partial charge in [-0.25, -0.2) is 4.79 Å². The minimum Gasteiger partial charge on any atom is -0.479 e. The molecule has 1 fully saturated rings. The predicted octanol–water partition coefficient (Wildman–Crippen LogP) is 0.274. The maximum absolute atomic E-state index is 12.8. The van der Waals surface area contributed by atoms with Crippen molar-refractivity contribution in [3.8, 4) is 5.75 Å². The summed E-state index contributed by atoms with van der Waals surface area (Å²) in [7, 11) is -3.05. The zero-order chi connectivity index (χ0) is 37.1. The Morgan fingerprint density at radius 1 is 1.08 bits per heavy atom. The normalized spacial score (nSPS) is 18.1. The number of aliphatic hydroxyl groups excluding tert-OH is 1. The summed E-state index contributed by atoms with van der Waals surface area (Å²) in [5.41, 5.74) is 1.40. The van der Waals surface area contributed by atoms with Crippen LogP contribution in [0, 0.1) is 0 Å². The van der Waals surface area contributed by atoms with Crippen LogP contribution in [0.25, 0.3) is 0 Å². The number of allylic oxidation sites excluding steroid dienone is 1. The number of carbonyl (C=O) groups excluding carboxylic acids is 5. The summed E-state index contributed by atoms with van der Waals surface area (Å²) in [6, 6.07) is 3.40. The van der Waals surface area contributed by atoms with Gasteiger partial charge in [0.25, 0.3) is 16.6 Å². The number of amides is 3. The number of aliphatic hydroxyl groups is 1. The monoisotopic (exact) mass is 727 g/mol. The van der Waals surface area contributed by atoms with Crippen molar-refractivity contribution < 1.29 is 66.2 Å². The Kier molecular flexibility index (Phi) is 18.1. The highest BCUT2D eigenvalue weighted by Crippen LogP contribution is 2.26. The topological polar surface area (TPSA) is 252 Å². The quantitative estimate of drug-likeness (QED) is 0.0440. The second kappa shape index (κ2) is 21.6. The van der Waals surface area contributed by atoms with Gasteiger partial charge in [-0.05, 0) is 61.4 Å². The number of hydrogen-bond donors (Lipinski definition) is 5. The molecule has 0 aliphatic carbocycles. The first-order chi connectivity index (χ1) is 23.7. The predicted molar refractivity (Wildman–Crippen MR) is 175 cm³/mol. The summed E-state index contributed by atoms with van der Waals surface area (Å²) >= 11 is 0. The molecule has 18 heteroatoms. The summed E-state index contributed by atoms with van der Waals surface area (Å²) in [6.45, 7) is 0.769. The largest absolute Gasteiger partial charge is 0.479 e. The molecule has 1 saturated heterocycles. The number of aldehydes is 1. The van der Waals surface area contributed by atoms with E-state index in [4.69, 9.17) is 14.2 Å². The van der Waals surface area contributed by atoms with Crippen LogP contribution < -0.4 is 15.4 Å². The lowest BCUT2D eigenvalue weighted by Crippen LogP contribution is -2.50. The van der Waals surface area contributed by atoms with E-state index in [1.54, 1.807) is 25.2 Å². The Bertz CT molecular complexity index is 1450. The SMILES string of the molecule is CN(CCCCCC(=O)NC(CS(=O)(=O)O)C(=O)NCCCCc1cc(OC2CC(O)CC(C(=O)O)O2)ccc1COC=O)C(=O)/C=C\C=O. The lowest BCUT2D eigenvalue weighted by atomic mass is 10.0. The average Bonchev–Trinajstić information content (AvgIpc) is 3.05. The summed E-state index contributed by atoms with van der Waals surface area (Å²) in [5.74, 6) is -3.63. The molecule has 50 heavy (non-hydrogen) atoms. The van der Waals surface area contributed by atoms with Crippen LogP contribution in [0.1, 0.15) is 62.5 Å². The Labute approximate surface area is 290 Å². The molecule has 1 aliphatic heterocycles. The van der Waals surface area contributed by atoms with E-state index in [9.17, 15) is 52.0 Å². The molecule has 278 valence electrons. The van der Waals surface area contributed by atoms with Gasteiger partial charge >= 0.3 is 5.97 Å². The van der Waals surface area contributed by atoms with E-state index < -0.39 is 58.2 Å². The van der Waals surface area contributed by atoms with Gasteiger partial charge in [-0.2, -0.15) is 8.42 Å². The van der Waals surface area contributed by atoms with Crippen molar-refractivity contribution in [3.05, 3.63) is 41.5 Å². The first-order valence-corrected chi connectivity index (χ1v) is 17.6. The minimum atomic E-state index is -4.62. The third kappa shape index (κ3) is 16.3. The number of rotatable bonds is 23. The average molecular weight is 728 g/mol. The summed E-state index contributed by atoms with van der Waals surface area (Å²) in [5, 5.41) is 24.2. The second-order valence-corrected chi connectivity index (χ2v) is 13.2. The number of ether oxygens (including phenoxy) is 3. The fourth-order valence-corrected chi connectivity index (χ4v) is 5.68. The number of nitrogens with zero attached hydrogens (tertiary/aromatic N) is 1. The van der Waals surface area contributed by atoms with Crippen LogP contribution in [-0.4, -0.2) is 115 Å². The van der Waals surface area contributed by atoms with Gasteiger partial charge in [0.1, 0.15) is 30.4 Å². The van der Waals surface area contributed by atoms with Gasteiger partial charge in [0.15, 0.2) is 6.10 Å². The lowest BCUT2D eigenvalue weighted by molar-refractivity contribution is -0.195. The third-order valence-corrected chi connectivity index (χ3v) is 8.34. The zero-order valence-corrected chi connectivity index (χ0v) is 28.5. The standard InChI is InChI=1S/C32H45N3O14S/c1-35(29(40)10-7-15-36)14-6-2-3-9-28(39)34-26(20-50(44,45)46)31(41)33-13-5-4-8-22-16-25(12-11-23(22)19-47-21-37)48-30-18-24(38)17-27(49-30)32(42)43/h7,10-12,15-16,21,24,26-27,30,38H,2-6,8-9,13-14,17-20H2,1H3,(H,33,41)(H,34,39)(H,42,43)(H,44,45,46)/b10-7-. The van der Waals surface area contributed by atoms with E-state index in [1.807, 2.05) is 0 Å². The van der Waals surface area contributed by atoms with Crippen LogP contribution >= 0.6 is 0 Å². The summed E-state index contributed by atoms with van der Waals surface area (Å²) in [6.07, 6.45) is 2.43. The summed E-state index contributed by atoms with van der Waals surface area (Å²) < 4.78 is 48.5. The first kappa shape index (κ1) is 41.8. The molecule has 1 aromatic rings. The van der Waals surface area contributed by atoms with Crippen LogP contribution in [0.3, 0.4) is 0 Å². The molecule has 0 radical (unpaired) electrons. The molecule has 2 rings (SSSR count). The molecule has 3 amide bonds. The van der Waals surface area contributed by atoms with Crippen molar-refractivity contribution in [1.29, 1.82) is 0 Å². The summed E-state index contributed by atoms with van der Waals surface area (Å²) in [4.78, 5) is 70.9. The Balaban J connectivity index is 1.87. The van der Waals surface area contributed by atoms with Gasteiger partial charge < -0.3 is 40.0 Å². The molecule has 1 aromatic carbocycles. The Morgan fingerprint density at radius 3 is 2.52 bits per heavy atom. The van der Waals surface area contributed by atoms with E-state index >= 15 is 0 Å². The molecule has 0 saturated carbocycles. The highest BCUT2D eigenvalue weighted by Gasteiger charge is 2.34. The molecular weight excluding hydrogens is 682 g/mol. The number of hydrogen-bond acceptors (Lipinski definition) is 12. The highest BCUT2D eigenvalue weighted by molar-refractivity contribution is 7.85. The van der Waals surface area contributed by atoms with E-state index in [0.717, 1.165) is 17.7 Å². The van der Waals surface area contributed by atoms with Gasteiger partial charge in [-0.3, -0.25) is 28.5 Å². The van der Waals surface area contributed by atoms with Crippen molar-refractivity contribution in [3.63, 3.8) is 0 Å². The number of carboxylic acid groups (broad SMARTS) is 1. The van der Waals surface area contributed by atoms with Crippen molar-refractivity contribution in [2.24, 2.45) is 0 Å². The number of unbranched alkanes of at least 4 members (excludes halogenated alkanes) is 3. The first-order valence-electron chi connectivity index (χ1n) is 16.0. The number of aryl methyl sites for hydroxylation is 1. The molecule has 0 bridgehead atoms. The molecular formula is C32H45N3O14S. The van der Waals surface area contributed by atoms with E-state index in [2.05, 4.69) is 10.6 Å². The number of carboxylic acids is 1. The van der Waals surface area contributed by atoms with Crippen LogP contribution in [0.2, 0.25) is 0 Å². The number of benzene rings is 1. The Hall–Kier alpha value is -4.39. The smallest absolute Gasteiger partial charge is 0.333 e. The molecule has 1 aliphatic rings. The van der Waals surface area contributed by atoms with Gasteiger partial charge in [0, 0.05) is 45.5 Å². The van der Waals surface area contributed by atoms with Gasteiger partial charge in [-0.1, -0.05) is 12.5 Å². The van der Waals surface area contributed by atoms with Gasteiger partial charge in [0.2, 0.25) is 24.0 Å². The number of carbonyl (C=O) groups is 6. The van der Waals surface area contributed by atoms with Crippen LogP contribution in [0.4, 0.5) is 0 Å². The van der Waals surface area contributed by atoms with E-state index in [-0.39, 0.29) is 38.3 Å². The molecule has 17 nitrogen and oxygen atoms in total. The highest BCUT2D eigenvalue weighted by atomic mass is 32.2. The molecule has 0 aromatic heterocycles. The van der Waals surface area contributed by atoms with Crippen molar-refractivity contribution >= 4 is 46.6 Å². The molecule has 4 atom stereocenters. The van der Waals surface area contributed by atoms with Crippen molar-refractivity contribution in [1.82, 2.24) is 15.5 Å². The fourth-order valence-electron chi connectivity index (χ4n) is 5.03. The van der Waals surface area contributed by atoms with Gasteiger partial charge in [0.05, 0.1) is 6.10 Å². The molecule has 1 heterocycles. The molecule has 4 unspecified atom stereocenters. The maximum Gasteiger partial charge on any atom is 0.333 e. The van der Waals surface area contributed by atoms with Crippen molar-refractivity contribution in [2.45, 2.75) is 88.9 Å². The Morgan fingerprint density at radius 2 is 1.84 bits per heavy atom. The molecule has 5 N–H and O–H groups in total. The maximum atomic E-state index is 12.8. The second-order valence-electron chi connectivity index (χ2n) is 11.7. The zero-order valence-electron chi connectivity index (χ0n) is 27.7. The van der Waals surface area contributed by atoms with Crippen LogP contribution in [0.5, 0.6) is 5.75 Å². The van der Waals surface area contributed by atoms with E-state index in [0.29, 0.717) is 69.1 Å².